The van der Waals surface area contributed by atoms with Gasteiger partial charge < -0.3 is 10.1 Å². The minimum absolute atomic E-state index is 0.129. The van der Waals surface area contributed by atoms with E-state index in [1.54, 1.807) is 4.68 Å². The zero-order valence-corrected chi connectivity index (χ0v) is 14.7. The normalized spacial score (nSPS) is 16.4. The van der Waals surface area contributed by atoms with Gasteiger partial charge in [0.2, 0.25) is 0 Å². The van der Waals surface area contributed by atoms with E-state index in [0.29, 0.717) is 12.4 Å². The Bertz CT molecular complexity index is 695. The minimum Gasteiger partial charge on any atom is -0.379 e. The van der Waals surface area contributed by atoms with Crippen LogP contribution >= 0.6 is 0 Å². The Morgan fingerprint density at radius 3 is 2.64 bits per heavy atom. The van der Waals surface area contributed by atoms with Crippen molar-refractivity contribution in [3.8, 4) is 0 Å². The van der Waals surface area contributed by atoms with Crippen molar-refractivity contribution < 1.29 is 9.53 Å². The maximum atomic E-state index is 12.3. The molecule has 1 aliphatic rings. The number of aromatic nitrogens is 2. The molecule has 2 aromatic rings. The standard InChI is InChI=1S/C18H25N5O2/c1-14-12-17(22(2)21-14)20-18(24)19-13-16(15-6-4-3-5-7-15)23-8-10-25-11-9-23/h3-7,12,16H,8-11,13H2,1-2H3,(H2,19,20,24)/t16-/m1/s1. The predicted octanol–water partition coefficient (Wildman–Crippen LogP) is 1.92. The molecule has 1 aromatic carbocycles. The number of carbonyl (C=O) groups excluding carboxylic acids is 1. The first-order valence-electron chi connectivity index (χ1n) is 8.56. The fourth-order valence-electron chi connectivity index (χ4n) is 3.10. The van der Waals surface area contributed by atoms with E-state index in [-0.39, 0.29) is 12.1 Å². The number of amides is 2. The molecule has 25 heavy (non-hydrogen) atoms. The van der Waals surface area contributed by atoms with E-state index in [0.717, 1.165) is 32.0 Å². The van der Waals surface area contributed by atoms with Crippen molar-refractivity contribution in [2.24, 2.45) is 7.05 Å². The summed E-state index contributed by atoms with van der Waals surface area (Å²) in [5.41, 5.74) is 2.06. The van der Waals surface area contributed by atoms with E-state index in [1.165, 1.54) is 5.56 Å². The van der Waals surface area contributed by atoms with E-state index in [4.69, 9.17) is 4.74 Å². The van der Waals surface area contributed by atoms with Crippen molar-refractivity contribution in [3.05, 3.63) is 47.7 Å². The van der Waals surface area contributed by atoms with Crippen molar-refractivity contribution in [1.82, 2.24) is 20.0 Å². The van der Waals surface area contributed by atoms with Crippen LogP contribution in [-0.2, 0) is 11.8 Å². The second-order valence-electron chi connectivity index (χ2n) is 6.20. The molecule has 7 heteroatoms. The molecular weight excluding hydrogens is 318 g/mol. The molecule has 0 aliphatic carbocycles. The number of nitrogens with zero attached hydrogens (tertiary/aromatic N) is 3. The molecule has 0 spiro atoms. The molecule has 7 nitrogen and oxygen atoms in total. The molecule has 134 valence electrons. The number of hydrogen-bond donors (Lipinski definition) is 2. The lowest BCUT2D eigenvalue weighted by Gasteiger charge is -2.34. The van der Waals surface area contributed by atoms with Gasteiger partial charge in [0.25, 0.3) is 0 Å². The molecule has 3 rings (SSSR count). The molecule has 0 unspecified atom stereocenters. The van der Waals surface area contributed by atoms with Gasteiger partial charge in [0.15, 0.2) is 0 Å². The summed E-state index contributed by atoms with van der Waals surface area (Å²) in [5, 5.41) is 10.1. The van der Waals surface area contributed by atoms with Crippen LogP contribution in [0.1, 0.15) is 17.3 Å². The number of urea groups is 1. The summed E-state index contributed by atoms with van der Waals surface area (Å²) in [6.45, 7) is 5.61. The number of morpholine rings is 1. The highest BCUT2D eigenvalue weighted by Crippen LogP contribution is 2.21. The van der Waals surface area contributed by atoms with Gasteiger partial charge >= 0.3 is 6.03 Å². The van der Waals surface area contributed by atoms with Gasteiger partial charge in [0, 0.05) is 32.7 Å². The Kier molecular flexibility index (Phi) is 5.67. The summed E-state index contributed by atoms with van der Waals surface area (Å²) in [6.07, 6.45) is 0. The van der Waals surface area contributed by atoms with Gasteiger partial charge in [-0.25, -0.2) is 4.79 Å². The van der Waals surface area contributed by atoms with E-state index >= 15 is 0 Å². The van der Waals surface area contributed by atoms with Crippen molar-refractivity contribution in [1.29, 1.82) is 0 Å². The van der Waals surface area contributed by atoms with Crippen LogP contribution in [0.15, 0.2) is 36.4 Å². The Balaban J connectivity index is 1.63. The minimum atomic E-state index is -0.225. The highest BCUT2D eigenvalue weighted by atomic mass is 16.5. The number of benzene rings is 1. The molecule has 1 aliphatic heterocycles. The molecule has 1 fully saturated rings. The second-order valence-corrected chi connectivity index (χ2v) is 6.20. The number of aryl methyl sites for hydroxylation is 2. The predicted molar refractivity (Wildman–Crippen MR) is 96.5 cm³/mol. The van der Waals surface area contributed by atoms with Gasteiger partial charge in [0.05, 0.1) is 24.9 Å². The third kappa shape index (κ3) is 4.58. The molecule has 0 bridgehead atoms. The topological polar surface area (TPSA) is 71.4 Å². The quantitative estimate of drug-likeness (QED) is 0.870. The van der Waals surface area contributed by atoms with Crippen LogP contribution in [0.4, 0.5) is 10.6 Å². The largest absolute Gasteiger partial charge is 0.379 e. The van der Waals surface area contributed by atoms with Gasteiger partial charge in [-0.3, -0.25) is 14.9 Å². The molecule has 2 amide bonds. The number of anilines is 1. The molecule has 2 heterocycles. The Labute approximate surface area is 148 Å². The summed E-state index contributed by atoms with van der Waals surface area (Å²) in [5.74, 6) is 0.678. The summed E-state index contributed by atoms with van der Waals surface area (Å²) in [4.78, 5) is 14.6. The van der Waals surface area contributed by atoms with Crippen molar-refractivity contribution >= 4 is 11.8 Å². The zero-order chi connectivity index (χ0) is 17.6. The maximum absolute atomic E-state index is 12.3. The summed E-state index contributed by atoms with van der Waals surface area (Å²) < 4.78 is 7.11. The van der Waals surface area contributed by atoms with Crippen LogP contribution in [0, 0.1) is 6.92 Å². The average Bonchev–Trinajstić information content (AvgIpc) is 2.94. The van der Waals surface area contributed by atoms with Gasteiger partial charge in [-0.05, 0) is 12.5 Å². The van der Waals surface area contributed by atoms with Crippen LogP contribution in [0.25, 0.3) is 0 Å². The van der Waals surface area contributed by atoms with E-state index in [2.05, 4.69) is 32.8 Å². The van der Waals surface area contributed by atoms with Crippen LogP contribution < -0.4 is 10.6 Å². The lowest BCUT2D eigenvalue weighted by atomic mass is 10.0. The number of rotatable bonds is 5. The van der Waals surface area contributed by atoms with E-state index < -0.39 is 0 Å². The summed E-state index contributed by atoms with van der Waals surface area (Å²) >= 11 is 0. The van der Waals surface area contributed by atoms with E-state index in [1.807, 2.05) is 38.2 Å². The molecule has 2 N–H and O–H groups in total. The first-order valence-corrected chi connectivity index (χ1v) is 8.56. The summed E-state index contributed by atoms with van der Waals surface area (Å²) in [6, 6.07) is 12.0. The number of ether oxygens (including phenoxy) is 1. The van der Waals surface area contributed by atoms with Gasteiger partial charge in [-0.1, -0.05) is 30.3 Å². The van der Waals surface area contributed by atoms with Crippen LogP contribution in [0.3, 0.4) is 0 Å². The fourth-order valence-corrected chi connectivity index (χ4v) is 3.10. The molecule has 1 saturated heterocycles. The van der Waals surface area contributed by atoms with Crippen molar-refractivity contribution in [2.45, 2.75) is 13.0 Å². The third-order valence-corrected chi connectivity index (χ3v) is 4.37. The highest BCUT2D eigenvalue weighted by molar-refractivity contribution is 5.88. The number of carbonyl (C=O) groups is 1. The average molecular weight is 343 g/mol. The molecule has 0 saturated carbocycles. The molecule has 1 aromatic heterocycles. The molecular formula is C18H25N5O2. The van der Waals surface area contributed by atoms with Crippen LogP contribution in [0.5, 0.6) is 0 Å². The third-order valence-electron chi connectivity index (χ3n) is 4.37. The fraction of sp³-hybridized carbons (Fsp3) is 0.444. The monoisotopic (exact) mass is 343 g/mol. The zero-order valence-electron chi connectivity index (χ0n) is 14.7. The highest BCUT2D eigenvalue weighted by Gasteiger charge is 2.23. The maximum Gasteiger partial charge on any atom is 0.320 e. The lowest BCUT2D eigenvalue weighted by Crippen LogP contribution is -2.44. The smallest absolute Gasteiger partial charge is 0.320 e. The van der Waals surface area contributed by atoms with Gasteiger partial charge in [-0.2, -0.15) is 5.10 Å². The second kappa shape index (κ2) is 8.13. The Hall–Kier alpha value is -2.38. The Morgan fingerprint density at radius 1 is 1.28 bits per heavy atom. The molecule has 1 atom stereocenters. The Morgan fingerprint density at radius 2 is 2.00 bits per heavy atom. The SMILES string of the molecule is Cc1cc(NC(=O)NC[C@H](c2ccccc2)N2CCOCC2)n(C)n1. The van der Waals surface area contributed by atoms with Gasteiger partial charge in [-0.15, -0.1) is 0 Å². The van der Waals surface area contributed by atoms with Crippen LogP contribution in [0.2, 0.25) is 0 Å². The van der Waals surface area contributed by atoms with Gasteiger partial charge in [0.1, 0.15) is 5.82 Å². The summed E-state index contributed by atoms with van der Waals surface area (Å²) in [7, 11) is 1.81. The number of nitrogens with one attached hydrogen (secondary N) is 2. The van der Waals surface area contributed by atoms with E-state index in [9.17, 15) is 4.79 Å². The van der Waals surface area contributed by atoms with Crippen molar-refractivity contribution in [3.63, 3.8) is 0 Å². The first kappa shape index (κ1) is 17.4. The lowest BCUT2D eigenvalue weighted by molar-refractivity contribution is 0.0168. The number of hydrogen-bond acceptors (Lipinski definition) is 4. The van der Waals surface area contributed by atoms with Crippen molar-refractivity contribution in [2.75, 3.05) is 38.2 Å². The molecule has 0 radical (unpaired) electrons. The first-order chi connectivity index (χ1) is 12.1. The van der Waals surface area contributed by atoms with Crippen LogP contribution in [-0.4, -0.2) is 53.6 Å².